The Morgan fingerprint density at radius 1 is 1.24 bits per heavy atom. The summed E-state index contributed by atoms with van der Waals surface area (Å²) in [5.74, 6) is -3.32. The molecule has 2 heterocycles. The topological polar surface area (TPSA) is 119 Å². The number of hydrogen-bond acceptors (Lipinski definition) is 9. The van der Waals surface area contributed by atoms with Gasteiger partial charge in [-0.2, -0.15) is 21.6 Å². The van der Waals surface area contributed by atoms with Crippen molar-refractivity contribution in [1.29, 1.82) is 0 Å². The van der Waals surface area contributed by atoms with Crippen LogP contribution in [0.5, 0.6) is 5.75 Å². The molecule has 0 atom stereocenters. The molecule has 2 aromatic carbocycles. The predicted octanol–water partition coefficient (Wildman–Crippen LogP) is 3.46. The molecule has 34 heavy (non-hydrogen) atoms. The van der Waals surface area contributed by atoms with Crippen molar-refractivity contribution in [3.63, 3.8) is 0 Å². The number of amides is 1. The first-order valence-electron chi connectivity index (χ1n) is 8.94. The van der Waals surface area contributed by atoms with Crippen molar-refractivity contribution in [1.82, 2.24) is 10.2 Å². The molecule has 16 heteroatoms. The number of carbonyl (C=O) groups excluding carboxylic acids is 2. The minimum Gasteiger partial charge on any atom is -0.481 e. The third-order valence-electron chi connectivity index (χ3n) is 4.26. The maximum Gasteiger partial charge on any atom is 0.493 e. The molecule has 1 amide bonds. The number of aromatic nitrogens is 2. The number of ether oxygens (including phenoxy) is 1. The molecule has 0 saturated carbocycles. The summed E-state index contributed by atoms with van der Waals surface area (Å²) >= 11 is 6.51. The number of carbonyl (C=O) groups is 2. The number of fused-ring (bicyclic) bond motifs is 1. The zero-order valence-electron chi connectivity index (χ0n) is 16.4. The van der Waals surface area contributed by atoms with Gasteiger partial charge in [0.1, 0.15) is 11.3 Å². The Bertz CT molecular complexity index is 1370. The first-order chi connectivity index (χ1) is 16.0. The monoisotopic (exact) mass is 534 g/mol. The minimum absolute atomic E-state index is 0.0694. The quantitative estimate of drug-likeness (QED) is 0.457. The predicted molar refractivity (Wildman–Crippen MR) is 112 cm³/mol. The van der Waals surface area contributed by atoms with Gasteiger partial charge in [-0.15, -0.1) is 10.2 Å². The molecule has 1 aliphatic rings. The molecule has 0 spiro atoms. The second-order valence-electron chi connectivity index (χ2n) is 6.46. The first kappa shape index (κ1) is 23.7. The van der Waals surface area contributed by atoms with Crippen LogP contribution in [0.1, 0.15) is 0 Å². The van der Waals surface area contributed by atoms with Gasteiger partial charge in [0, 0.05) is 11.1 Å². The van der Waals surface area contributed by atoms with Crippen molar-refractivity contribution in [2.75, 3.05) is 16.0 Å². The highest BCUT2D eigenvalue weighted by Crippen LogP contribution is 2.40. The maximum absolute atomic E-state index is 13.1. The van der Waals surface area contributed by atoms with E-state index in [2.05, 4.69) is 15.0 Å². The highest BCUT2D eigenvalue weighted by Gasteiger charge is 2.45. The zero-order valence-corrected chi connectivity index (χ0v) is 18.8. The number of anilines is 3. The van der Waals surface area contributed by atoms with Crippen LogP contribution in [-0.2, 0) is 24.4 Å². The molecule has 0 radical (unpaired) electrons. The van der Waals surface area contributed by atoms with Crippen LogP contribution < -0.4 is 14.1 Å². The smallest absolute Gasteiger partial charge is 0.481 e. The van der Waals surface area contributed by atoms with Crippen molar-refractivity contribution in [3.8, 4) is 5.75 Å². The SMILES string of the molecule is O=C1COc2cc(S(=O)(=O)N(OC(=O)C(F)(F)F)c3nncs3)ccc2N1c1cccc(Cl)c1. The van der Waals surface area contributed by atoms with Crippen molar-refractivity contribution in [3.05, 3.63) is 53.0 Å². The molecule has 0 unspecified atom stereocenters. The third kappa shape index (κ3) is 4.49. The number of benzene rings is 2. The molecule has 0 fully saturated rings. The zero-order chi connectivity index (χ0) is 24.7. The van der Waals surface area contributed by atoms with Gasteiger partial charge in [0.2, 0.25) is 0 Å². The number of sulfonamides is 1. The molecule has 0 bridgehead atoms. The van der Waals surface area contributed by atoms with E-state index in [1.54, 1.807) is 18.2 Å². The Morgan fingerprint density at radius 3 is 2.65 bits per heavy atom. The van der Waals surface area contributed by atoms with Gasteiger partial charge in [0.15, 0.2) is 6.61 Å². The molecule has 4 rings (SSSR count). The van der Waals surface area contributed by atoms with Crippen LogP contribution in [0.3, 0.4) is 0 Å². The summed E-state index contributed by atoms with van der Waals surface area (Å²) in [6, 6.07) is 9.49. The van der Waals surface area contributed by atoms with Crippen LogP contribution in [-0.4, -0.2) is 43.3 Å². The van der Waals surface area contributed by atoms with E-state index in [-0.39, 0.29) is 15.9 Å². The average molecular weight is 535 g/mol. The summed E-state index contributed by atoms with van der Waals surface area (Å²) < 4.78 is 69.5. The highest BCUT2D eigenvalue weighted by molar-refractivity contribution is 7.92. The van der Waals surface area contributed by atoms with E-state index in [9.17, 15) is 31.2 Å². The molecular formula is C18H10ClF3N4O6S2. The molecule has 1 aliphatic heterocycles. The molecule has 10 nitrogen and oxygen atoms in total. The van der Waals surface area contributed by atoms with E-state index in [1.165, 1.54) is 17.0 Å². The van der Waals surface area contributed by atoms with Crippen LogP contribution in [0.2, 0.25) is 5.02 Å². The van der Waals surface area contributed by atoms with Crippen molar-refractivity contribution in [2.45, 2.75) is 11.1 Å². The van der Waals surface area contributed by atoms with E-state index in [4.69, 9.17) is 16.3 Å². The lowest BCUT2D eigenvalue weighted by Gasteiger charge is -2.30. The van der Waals surface area contributed by atoms with Gasteiger partial charge in [-0.25, -0.2) is 4.79 Å². The molecule has 178 valence electrons. The minimum atomic E-state index is -5.48. The van der Waals surface area contributed by atoms with E-state index < -0.39 is 44.7 Å². The van der Waals surface area contributed by atoms with Crippen molar-refractivity contribution >= 4 is 61.3 Å². The number of nitrogens with zero attached hydrogens (tertiary/aromatic N) is 4. The Kier molecular flexibility index (Phi) is 6.09. The highest BCUT2D eigenvalue weighted by atomic mass is 35.5. The van der Waals surface area contributed by atoms with Crippen LogP contribution in [0.15, 0.2) is 52.9 Å². The van der Waals surface area contributed by atoms with Crippen LogP contribution >= 0.6 is 22.9 Å². The summed E-state index contributed by atoms with van der Waals surface area (Å²) in [5, 5.41) is 6.43. The molecular weight excluding hydrogens is 525 g/mol. The van der Waals surface area contributed by atoms with E-state index in [0.29, 0.717) is 22.0 Å². The van der Waals surface area contributed by atoms with Gasteiger partial charge < -0.3 is 9.57 Å². The lowest BCUT2D eigenvalue weighted by Crippen LogP contribution is -2.39. The van der Waals surface area contributed by atoms with E-state index >= 15 is 0 Å². The standard InChI is InChI=1S/C18H10ClF3N4O6S2/c19-10-2-1-3-11(6-10)25-13-5-4-12(7-14(13)31-8-15(25)27)34(29,30)26(17-24-23-9-33-17)32-16(28)18(20,21)22/h1-7,9H,8H2. The summed E-state index contributed by atoms with van der Waals surface area (Å²) in [4.78, 5) is 28.6. The Hall–Kier alpha value is -3.43. The summed E-state index contributed by atoms with van der Waals surface area (Å²) in [6.45, 7) is -0.452. The van der Waals surface area contributed by atoms with Gasteiger partial charge in [-0.1, -0.05) is 33.5 Å². The van der Waals surface area contributed by atoms with Crippen molar-refractivity contribution in [2.24, 2.45) is 0 Å². The van der Waals surface area contributed by atoms with Crippen molar-refractivity contribution < 1.29 is 40.8 Å². The molecule has 1 aromatic heterocycles. The second-order valence-corrected chi connectivity index (χ2v) is 9.46. The lowest BCUT2D eigenvalue weighted by molar-refractivity contribution is -0.199. The van der Waals surface area contributed by atoms with Crippen LogP contribution in [0.25, 0.3) is 0 Å². The number of hydrogen-bond donors (Lipinski definition) is 0. The molecule has 3 aromatic rings. The average Bonchev–Trinajstić information content (AvgIpc) is 3.30. The largest absolute Gasteiger partial charge is 0.493 e. The Balaban J connectivity index is 1.75. The Labute approximate surface area is 198 Å². The van der Waals surface area contributed by atoms with E-state index in [0.717, 1.165) is 17.6 Å². The first-order valence-corrected chi connectivity index (χ1v) is 11.6. The van der Waals surface area contributed by atoms with Crippen LogP contribution in [0, 0.1) is 0 Å². The fourth-order valence-corrected chi connectivity index (χ4v) is 4.96. The lowest BCUT2D eigenvalue weighted by atomic mass is 10.2. The fraction of sp³-hybridized carbons (Fsp3) is 0.111. The van der Waals surface area contributed by atoms with E-state index in [1.807, 2.05) is 0 Å². The summed E-state index contributed by atoms with van der Waals surface area (Å²) in [7, 11) is -4.92. The van der Waals surface area contributed by atoms with Crippen LogP contribution in [0.4, 0.5) is 29.7 Å². The second kappa shape index (κ2) is 8.73. The van der Waals surface area contributed by atoms with Gasteiger partial charge in [-0.05, 0) is 30.3 Å². The van der Waals surface area contributed by atoms with Gasteiger partial charge in [-0.3, -0.25) is 9.69 Å². The number of halogens is 4. The van der Waals surface area contributed by atoms with Gasteiger partial charge in [0.25, 0.3) is 21.1 Å². The van der Waals surface area contributed by atoms with Gasteiger partial charge >= 0.3 is 12.1 Å². The third-order valence-corrected chi connectivity index (χ3v) is 6.80. The number of alkyl halides is 3. The number of rotatable bonds is 5. The van der Waals surface area contributed by atoms with Gasteiger partial charge in [0.05, 0.1) is 16.3 Å². The molecule has 0 saturated heterocycles. The normalized spacial score (nSPS) is 13.8. The summed E-state index contributed by atoms with van der Waals surface area (Å²) in [6.07, 6.45) is -5.48. The Morgan fingerprint density at radius 2 is 2.00 bits per heavy atom. The molecule has 0 aliphatic carbocycles. The maximum atomic E-state index is 13.1. The molecule has 0 N–H and O–H groups in total. The summed E-state index contributed by atoms with van der Waals surface area (Å²) in [5.41, 5.74) is 1.57. The fourth-order valence-electron chi connectivity index (χ4n) is 2.85.